The predicted molar refractivity (Wildman–Crippen MR) is 90.6 cm³/mol. The summed E-state index contributed by atoms with van der Waals surface area (Å²) in [6, 6.07) is 3.25. The SMILES string of the molecule is CCC(c1ccc(C(F)(F)F)cc1F)n1cnc(-c2cc(=O)[nH]c(C)n2)c1. The van der Waals surface area contributed by atoms with E-state index in [2.05, 4.69) is 15.0 Å². The molecule has 0 aliphatic rings. The normalized spacial score (nSPS) is 13.0. The molecule has 0 fully saturated rings. The van der Waals surface area contributed by atoms with Crippen LogP contribution in [0.4, 0.5) is 17.6 Å². The van der Waals surface area contributed by atoms with Crippen molar-refractivity contribution >= 4 is 0 Å². The lowest BCUT2D eigenvalue weighted by Gasteiger charge is -2.18. The zero-order valence-corrected chi connectivity index (χ0v) is 14.5. The second-order valence-corrected chi connectivity index (χ2v) is 6.08. The molecule has 5 nitrogen and oxygen atoms in total. The Bertz CT molecular complexity index is 1020. The van der Waals surface area contributed by atoms with Crippen molar-refractivity contribution in [3.63, 3.8) is 0 Å². The fourth-order valence-corrected chi connectivity index (χ4v) is 2.92. The molecule has 0 aliphatic carbocycles. The maximum Gasteiger partial charge on any atom is 0.416 e. The van der Waals surface area contributed by atoms with Crippen molar-refractivity contribution in [2.24, 2.45) is 0 Å². The zero-order valence-electron chi connectivity index (χ0n) is 14.5. The van der Waals surface area contributed by atoms with Crippen LogP contribution < -0.4 is 5.56 Å². The number of nitrogens with zero attached hydrogens (tertiary/aromatic N) is 3. The molecular formula is C18H16F4N4O. The Morgan fingerprint density at radius 2 is 1.96 bits per heavy atom. The number of halogens is 4. The number of H-pyrrole nitrogens is 1. The number of aromatic nitrogens is 4. The third kappa shape index (κ3) is 3.91. The van der Waals surface area contributed by atoms with Crippen molar-refractivity contribution in [2.45, 2.75) is 32.5 Å². The smallest absolute Gasteiger partial charge is 0.329 e. The maximum atomic E-state index is 14.3. The first kappa shape index (κ1) is 18.8. The molecule has 1 unspecified atom stereocenters. The third-order valence-electron chi connectivity index (χ3n) is 4.16. The first-order valence-electron chi connectivity index (χ1n) is 8.17. The Morgan fingerprint density at radius 1 is 1.22 bits per heavy atom. The average molecular weight is 380 g/mol. The number of imidazole rings is 1. The van der Waals surface area contributed by atoms with Crippen LogP contribution in [0.1, 0.15) is 36.3 Å². The zero-order chi connectivity index (χ0) is 19.8. The van der Waals surface area contributed by atoms with Gasteiger partial charge in [-0.15, -0.1) is 0 Å². The Kier molecular flexibility index (Phi) is 4.86. The molecule has 2 aromatic heterocycles. The molecule has 0 radical (unpaired) electrons. The summed E-state index contributed by atoms with van der Waals surface area (Å²) in [5.74, 6) is -0.509. The molecule has 3 aromatic rings. The second-order valence-electron chi connectivity index (χ2n) is 6.08. The number of benzene rings is 1. The van der Waals surface area contributed by atoms with E-state index in [1.54, 1.807) is 24.6 Å². The van der Waals surface area contributed by atoms with E-state index >= 15 is 0 Å². The number of hydrogen-bond donors (Lipinski definition) is 1. The molecule has 1 aromatic carbocycles. The molecule has 0 aliphatic heterocycles. The van der Waals surface area contributed by atoms with Crippen LogP contribution in [0.15, 0.2) is 41.6 Å². The van der Waals surface area contributed by atoms with Crippen LogP contribution in [-0.4, -0.2) is 19.5 Å². The van der Waals surface area contributed by atoms with Crippen molar-refractivity contribution in [2.75, 3.05) is 0 Å². The van der Waals surface area contributed by atoms with E-state index in [1.165, 1.54) is 12.4 Å². The molecule has 2 heterocycles. The fraction of sp³-hybridized carbons (Fsp3) is 0.278. The lowest BCUT2D eigenvalue weighted by molar-refractivity contribution is -0.137. The molecular weight excluding hydrogens is 364 g/mol. The molecule has 142 valence electrons. The highest BCUT2D eigenvalue weighted by Crippen LogP contribution is 2.33. The van der Waals surface area contributed by atoms with Gasteiger partial charge in [-0.3, -0.25) is 4.79 Å². The molecule has 0 saturated heterocycles. The van der Waals surface area contributed by atoms with Crippen LogP contribution in [0.25, 0.3) is 11.4 Å². The van der Waals surface area contributed by atoms with Gasteiger partial charge in [0.2, 0.25) is 0 Å². The lowest BCUT2D eigenvalue weighted by atomic mass is 10.0. The van der Waals surface area contributed by atoms with E-state index in [0.29, 0.717) is 29.7 Å². The van der Waals surface area contributed by atoms with Gasteiger partial charge in [-0.1, -0.05) is 13.0 Å². The van der Waals surface area contributed by atoms with E-state index in [1.807, 2.05) is 0 Å². The van der Waals surface area contributed by atoms with Crippen LogP contribution >= 0.6 is 0 Å². The van der Waals surface area contributed by atoms with Gasteiger partial charge in [0.1, 0.15) is 17.3 Å². The van der Waals surface area contributed by atoms with Crippen molar-refractivity contribution in [1.29, 1.82) is 0 Å². The standard InChI is InChI=1S/C18H16F4N4O/c1-3-16(12-5-4-11(6-13(12)19)18(20,21)22)26-8-15(23-9-26)14-7-17(27)25-10(2)24-14/h4-9,16H,3H2,1-2H3,(H,24,25,27). The molecule has 0 amide bonds. The van der Waals surface area contributed by atoms with Crippen molar-refractivity contribution < 1.29 is 17.6 Å². The highest BCUT2D eigenvalue weighted by molar-refractivity contribution is 5.52. The van der Waals surface area contributed by atoms with Gasteiger partial charge in [0.25, 0.3) is 5.56 Å². The van der Waals surface area contributed by atoms with Crippen LogP contribution in [0.2, 0.25) is 0 Å². The minimum Gasteiger partial charge on any atom is -0.329 e. The summed E-state index contributed by atoms with van der Waals surface area (Å²) in [6.45, 7) is 3.42. The van der Waals surface area contributed by atoms with E-state index in [0.717, 1.165) is 12.1 Å². The van der Waals surface area contributed by atoms with Crippen LogP contribution in [-0.2, 0) is 6.18 Å². The minimum absolute atomic E-state index is 0.129. The monoisotopic (exact) mass is 380 g/mol. The van der Waals surface area contributed by atoms with Gasteiger partial charge < -0.3 is 9.55 Å². The fourth-order valence-electron chi connectivity index (χ4n) is 2.92. The summed E-state index contributed by atoms with van der Waals surface area (Å²) in [4.78, 5) is 22.5. The van der Waals surface area contributed by atoms with E-state index in [9.17, 15) is 22.4 Å². The molecule has 9 heteroatoms. The lowest BCUT2D eigenvalue weighted by Crippen LogP contribution is -2.12. The summed E-state index contributed by atoms with van der Waals surface area (Å²) < 4.78 is 54.2. The summed E-state index contributed by atoms with van der Waals surface area (Å²) >= 11 is 0. The molecule has 27 heavy (non-hydrogen) atoms. The number of alkyl halides is 3. The molecule has 1 N–H and O–H groups in total. The number of aryl methyl sites for hydroxylation is 1. The first-order valence-corrected chi connectivity index (χ1v) is 8.17. The molecule has 0 spiro atoms. The quantitative estimate of drug-likeness (QED) is 0.693. The number of rotatable bonds is 4. The van der Waals surface area contributed by atoms with Gasteiger partial charge in [-0.05, 0) is 25.5 Å². The van der Waals surface area contributed by atoms with Gasteiger partial charge in [-0.25, -0.2) is 14.4 Å². The van der Waals surface area contributed by atoms with Crippen molar-refractivity contribution in [3.05, 3.63) is 69.9 Å². The molecule has 3 rings (SSSR count). The van der Waals surface area contributed by atoms with E-state index < -0.39 is 23.6 Å². The summed E-state index contributed by atoms with van der Waals surface area (Å²) in [6.07, 6.45) is -1.14. The van der Waals surface area contributed by atoms with Gasteiger partial charge in [0.05, 0.1) is 23.6 Å². The summed E-state index contributed by atoms with van der Waals surface area (Å²) in [5, 5.41) is 0. The Balaban J connectivity index is 1.98. The highest BCUT2D eigenvalue weighted by atomic mass is 19.4. The van der Waals surface area contributed by atoms with Gasteiger partial charge in [0, 0.05) is 17.8 Å². The Labute approximate surface area is 151 Å². The largest absolute Gasteiger partial charge is 0.416 e. The third-order valence-corrected chi connectivity index (χ3v) is 4.16. The second kappa shape index (κ2) is 6.98. The average Bonchev–Trinajstić information content (AvgIpc) is 3.05. The number of hydrogen-bond acceptors (Lipinski definition) is 3. The van der Waals surface area contributed by atoms with Crippen LogP contribution in [0.3, 0.4) is 0 Å². The van der Waals surface area contributed by atoms with Crippen molar-refractivity contribution in [3.8, 4) is 11.4 Å². The molecule has 0 saturated carbocycles. The molecule has 0 bridgehead atoms. The number of aromatic amines is 1. The Hall–Kier alpha value is -2.97. The van der Waals surface area contributed by atoms with Crippen molar-refractivity contribution in [1.82, 2.24) is 19.5 Å². The summed E-state index contributed by atoms with van der Waals surface area (Å²) in [5.41, 5.74) is -0.460. The predicted octanol–water partition coefficient (Wildman–Crippen LogP) is 4.10. The maximum absolute atomic E-state index is 14.3. The van der Waals surface area contributed by atoms with Gasteiger partial charge >= 0.3 is 6.18 Å². The minimum atomic E-state index is -4.60. The summed E-state index contributed by atoms with van der Waals surface area (Å²) in [7, 11) is 0. The topological polar surface area (TPSA) is 63.6 Å². The van der Waals surface area contributed by atoms with Crippen LogP contribution in [0.5, 0.6) is 0 Å². The van der Waals surface area contributed by atoms with Gasteiger partial charge in [-0.2, -0.15) is 13.2 Å². The first-order chi connectivity index (χ1) is 12.7. The Morgan fingerprint density at radius 3 is 2.56 bits per heavy atom. The van der Waals surface area contributed by atoms with E-state index in [-0.39, 0.29) is 11.1 Å². The van der Waals surface area contributed by atoms with E-state index in [4.69, 9.17) is 0 Å². The van der Waals surface area contributed by atoms with Crippen LogP contribution in [0, 0.1) is 12.7 Å². The number of nitrogens with one attached hydrogen (secondary N) is 1. The molecule has 1 atom stereocenters. The highest BCUT2D eigenvalue weighted by Gasteiger charge is 2.31. The van der Waals surface area contributed by atoms with Gasteiger partial charge in [0.15, 0.2) is 0 Å².